The quantitative estimate of drug-likeness (QED) is 0.791. The van der Waals surface area contributed by atoms with Gasteiger partial charge in [-0.15, -0.1) is 0 Å². The van der Waals surface area contributed by atoms with Crippen molar-refractivity contribution in [2.24, 2.45) is 7.05 Å². The van der Waals surface area contributed by atoms with Gasteiger partial charge in [-0.25, -0.2) is 0 Å². The van der Waals surface area contributed by atoms with Gasteiger partial charge in [0.2, 0.25) is 0 Å². The zero-order valence-electron chi connectivity index (χ0n) is 12.5. The summed E-state index contributed by atoms with van der Waals surface area (Å²) in [5, 5.41) is 0. The minimum absolute atomic E-state index is 0.0340. The molecule has 0 atom stereocenters. The molecule has 3 heteroatoms. The van der Waals surface area contributed by atoms with Crippen LogP contribution in [0.2, 0.25) is 0 Å². The summed E-state index contributed by atoms with van der Waals surface area (Å²) in [7, 11) is 1.88. The van der Waals surface area contributed by atoms with Crippen LogP contribution in [0.3, 0.4) is 0 Å². The monoisotopic (exact) mass is 280 g/mol. The molecule has 0 N–H and O–H groups in total. The first-order valence-electron chi connectivity index (χ1n) is 7.17. The first-order valence-corrected chi connectivity index (χ1v) is 7.17. The highest BCUT2D eigenvalue weighted by atomic mass is 16.2. The summed E-state index contributed by atoms with van der Waals surface area (Å²) >= 11 is 0. The lowest BCUT2D eigenvalue weighted by molar-refractivity contribution is 0.0767. The van der Waals surface area contributed by atoms with E-state index < -0.39 is 0 Å². The molecule has 0 aliphatic heterocycles. The Morgan fingerprint density at radius 2 is 1.95 bits per heavy atom. The number of carbonyl (C=O) groups excluding carboxylic acids is 1. The molecule has 2 aromatic rings. The number of hydrogen-bond acceptors (Lipinski definition) is 1. The molecule has 1 aromatic carbocycles. The van der Waals surface area contributed by atoms with Crippen LogP contribution in [0, 0.1) is 11.8 Å². The summed E-state index contributed by atoms with van der Waals surface area (Å²) < 4.78 is 1.84. The number of aromatic nitrogens is 1. The molecule has 1 amide bonds. The molecule has 0 unspecified atom stereocenters. The van der Waals surface area contributed by atoms with Gasteiger partial charge in [-0.1, -0.05) is 37.0 Å². The fourth-order valence-electron chi connectivity index (χ4n) is 2.13. The van der Waals surface area contributed by atoms with Gasteiger partial charge < -0.3 is 9.47 Å². The van der Waals surface area contributed by atoms with Crippen molar-refractivity contribution >= 4 is 5.91 Å². The molecule has 0 bridgehead atoms. The zero-order valence-corrected chi connectivity index (χ0v) is 12.5. The first kappa shape index (κ1) is 14.9. The Hall–Kier alpha value is -2.47. The molecule has 0 fully saturated rings. The second-order valence-electron chi connectivity index (χ2n) is 4.90. The van der Waals surface area contributed by atoms with E-state index in [-0.39, 0.29) is 5.91 Å². The van der Waals surface area contributed by atoms with Crippen LogP contribution in [-0.2, 0) is 7.05 Å². The predicted octanol–water partition coefficient (Wildman–Crippen LogP) is 2.93. The van der Waals surface area contributed by atoms with Crippen LogP contribution in [0.1, 0.15) is 29.4 Å². The summed E-state index contributed by atoms with van der Waals surface area (Å²) in [6, 6.07) is 13.5. The van der Waals surface area contributed by atoms with Gasteiger partial charge in [-0.05, 0) is 30.7 Å². The van der Waals surface area contributed by atoms with Crippen LogP contribution < -0.4 is 0 Å². The summed E-state index contributed by atoms with van der Waals surface area (Å²) in [5.41, 5.74) is 1.67. The summed E-state index contributed by atoms with van der Waals surface area (Å²) in [6.45, 7) is 3.23. The van der Waals surface area contributed by atoms with Crippen LogP contribution in [0.4, 0.5) is 0 Å². The number of benzene rings is 1. The molecule has 0 saturated heterocycles. The third kappa shape index (κ3) is 4.00. The van der Waals surface area contributed by atoms with Gasteiger partial charge in [0, 0.05) is 25.4 Å². The van der Waals surface area contributed by atoms with E-state index >= 15 is 0 Å². The molecule has 0 radical (unpaired) electrons. The summed E-state index contributed by atoms with van der Waals surface area (Å²) in [6.07, 6.45) is 2.80. The fourth-order valence-corrected chi connectivity index (χ4v) is 2.13. The van der Waals surface area contributed by atoms with Crippen LogP contribution in [0.5, 0.6) is 0 Å². The van der Waals surface area contributed by atoms with Crippen molar-refractivity contribution in [2.75, 3.05) is 13.1 Å². The highest BCUT2D eigenvalue weighted by molar-refractivity contribution is 5.92. The maximum absolute atomic E-state index is 12.5. The molecule has 2 rings (SSSR count). The Morgan fingerprint density at radius 3 is 2.57 bits per heavy atom. The first-order chi connectivity index (χ1) is 10.2. The van der Waals surface area contributed by atoms with E-state index in [2.05, 4.69) is 18.8 Å². The van der Waals surface area contributed by atoms with Crippen LogP contribution in [0.25, 0.3) is 0 Å². The number of rotatable bonds is 4. The van der Waals surface area contributed by atoms with Crippen LogP contribution >= 0.6 is 0 Å². The van der Waals surface area contributed by atoms with Crippen molar-refractivity contribution in [3.8, 4) is 11.8 Å². The lowest BCUT2D eigenvalue weighted by Gasteiger charge is -2.19. The smallest absolute Gasteiger partial charge is 0.271 e. The maximum Gasteiger partial charge on any atom is 0.271 e. The maximum atomic E-state index is 12.5. The number of amides is 1. The van der Waals surface area contributed by atoms with E-state index in [9.17, 15) is 4.79 Å². The number of hydrogen-bond donors (Lipinski definition) is 0. The van der Waals surface area contributed by atoms with Gasteiger partial charge in [0.25, 0.3) is 5.91 Å². The largest absolute Gasteiger partial charge is 0.347 e. The predicted molar refractivity (Wildman–Crippen MR) is 84.9 cm³/mol. The van der Waals surface area contributed by atoms with Crippen LogP contribution in [0.15, 0.2) is 48.7 Å². The second kappa shape index (κ2) is 7.35. The standard InChI is InChI=1S/C18H20N2O/c1-3-13-20(18(21)17-12-8-14-19(17)2)15-7-11-16-9-5-4-6-10-16/h4-6,8-10,12,14H,3,13,15H2,1-2H3. The Balaban J connectivity index is 2.08. The molecule has 108 valence electrons. The van der Waals surface area contributed by atoms with Crippen molar-refractivity contribution in [1.82, 2.24) is 9.47 Å². The van der Waals surface area contributed by atoms with Gasteiger partial charge in [0.1, 0.15) is 5.69 Å². The average molecular weight is 280 g/mol. The van der Waals surface area contributed by atoms with Gasteiger partial charge in [0.05, 0.1) is 6.54 Å². The van der Waals surface area contributed by atoms with Gasteiger partial charge in [-0.3, -0.25) is 4.79 Å². The molecular weight excluding hydrogens is 260 g/mol. The van der Waals surface area contributed by atoms with Crippen molar-refractivity contribution in [3.05, 3.63) is 59.9 Å². The minimum Gasteiger partial charge on any atom is -0.347 e. The molecule has 0 aliphatic carbocycles. The fraction of sp³-hybridized carbons (Fsp3) is 0.278. The lowest BCUT2D eigenvalue weighted by Crippen LogP contribution is -2.33. The van der Waals surface area contributed by atoms with Gasteiger partial charge in [0.15, 0.2) is 0 Å². The molecule has 0 spiro atoms. The highest BCUT2D eigenvalue weighted by Crippen LogP contribution is 2.06. The molecule has 0 saturated carbocycles. The molecular formula is C18H20N2O. The van der Waals surface area contributed by atoms with Crippen LogP contribution in [-0.4, -0.2) is 28.5 Å². The molecule has 21 heavy (non-hydrogen) atoms. The number of carbonyl (C=O) groups is 1. The number of nitrogens with zero attached hydrogens (tertiary/aromatic N) is 2. The van der Waals surface area contributed by atoms with Gasteiger partial charge >= 0.3 is 0 Å². The summed E-state index contributed by atoms with van der Waals surface area (Å²) in [5.74, 6) is 6.23. The highest BCUT2D eigenvalue weighted by Gasteiger charge is 2.16. The molecule has 3 nitrogen and oxygen atoms in total. The SMILES string of the molecule is CCCN(CC#Cc1ccccc1)C(=O)c1cccn1C. The van der Waals surface area contributed by atoms with E-state index in [0.29, 0.717) is 18.8 Å². The van der Waals surface area contributed by atoms with E-state index in [0.717, 1.165) is 12.0 Å². The summed E-state index contributed by atoms with van der Waals surface area (Å²) in [4.78, 5) is 14.3. The van der Waals surface area contributed by atoms with E-state index in [1.54, 1.807) is 4.90 Å². The Kier molecular flexibility index (Phi) is 5.22. The number of aryl methyl sites for hydroxylation is 1. The van der Waals surface area contributed by atoms with E-state index in [1.165, 1.54) is 0 Å². The Bertz CT molecular complexity index is 647. The Labute approximate surface area is 126 Å². The molecule has 1 heterocycles. The lowest BCUT2D eigenvalue weighted by atomic mass is 10.2. The topological polar surface area (TPSA) is 25.2 Å². The van der Waals surface area contributed by atoms with Crippen molar-refractivity contribution in [2.45, 2.75) is 13.3 Å². The molecule has 0 aliphatic rings. The van der Waals surface area contributed by atoms with Crippen molar-refractivity contribution < 1.29 is 4.79 Å². The van der Waals surface area contributed by atoms with Gasteiger partial charge in [-0.2, -0.15) is 0 Å². The third-order valence-electron chi connectivity index (χ3n) is 3.22. The molecule has 1 aromatic heterocycles. The Morgan fingerprint density at radius 1 is 1.19 bits per heavy atom. The van der Waals surface area contributed by atoms with E-state index in [1.807, 2.05) is 60.3 Å². The van der Waals surface area contributed by atoms with E-state index in [4.69, 9.17) is 0 Å². The minimum atomic E-state index is 0.0340. The van der Waals surface area contributed by atoms with Crippen molar-refractivity contribution in [1.29, 1.82) is 0 Å². The second-order valence-corrected chi connectivity index (χ2v) is 4.90. The zero-order chi connectivity index (χ0) is 15.1. The normalized spacial score (nSPS) is 9.81. The van der Waals surface area contributed by atoms with Crippen molar-refractivity contribution in [3.63, 3.8) is 0 Å². The average Bonchev–Trinajstić information content (AvgIpc) is 2.93. The third-order valence-corrected chi connectivity index (χ3v) is 3.22.